The molecule has 0 N–H and O–H groups in total. The summed E-state index contributed by atoms with van der Waals surface area (Å²) in [6.07, 6.45) is 19.8. The van der Waals surface area contributed by atoms with Crippen molar-refractivity contribution in [2.24, 2.45) is 0 Å². The van der Waals surface area contributed by atoms with Crippen LogP contribution in [0.15, 0.2) is 0 Å². The quantitative estimate of drug-likeness (QED) is 0.220. The predicted octanol–water partition coefficient (Wildman–Crippen LogP) is 7.22. The minimum Gasteiger partial charge on any atom is -0.487 e. The smallest absolute Gasteiger partial charge is 0.159 e. The largest absolute Gasteiger partial charge is 0.487 e. The van der Waals surface area contributed by atoms with Crippen LogP contribution in [-0.2, 0) is 4.74 Å². The number of hydrogen-bond donors (Lipinski definition) is 0. The van der Waals surface area contributed by atoms with Crippen LogP contribution in [0, 0.1) is 0 Å². The molecule has 0 aromatic carbocycles. The Hall–Kier alpha value is -0.110. The van der Waals surface area contributed by atoms with E-state index in [0.717, 1.165) is 18.1 Å². The Morgan fingerprint density at radius 1 is 0.619 bits per heavy atom. The third kappa shape index (κ3) is 17.8. The minimum atomic E-state index is 0.835. The molecule has 0 aliphatic rings. The number of ether oxygens (including phenoxy) is 1. The maximum Gasteiger partial charge on any atom is 0.159 e. The predicted molar refractivity (Wildman–Crippen MR) is 99.2 cm³/mol. The summed E-state index contributed by atoms with van der Waals surface area (Å²) < 4.78 is 5.63. The lowest BCUT2D eigenvalue weighted by molar-refractivity contribution is 0.290. The first-order chi connectivity index (χ1) is 10.3. The number of rotatable bonds is 16. The Bertz CT molecular complexity index is 216. The maximum atomic E-state index is 5.63. The molecule has 0 saturated heterocycles. The van der Waals surface area contributed by atoms with E-state index in [1.54, 1.807) is 0 Å². The SMILES string of the molecule is CCCCCCCCCCCCOC(=S)CCCCCC. The van der Waals surface area contributed by atoms with Crippen LogP contribution in [0.25, 0.3) is 0 Å². The molecular weight excluding hydrogens is 276 g/mol. The average molecular weight is 315 g/mol. The molecule has 0 heterocycles. The Kier molecular flexibility index (Phi) is 17.8. The Labute approximate surface area is 139 Å². The van der Waals surface area contributed by atoms with Gasteiger partial charge >= 0.3 is 0 Å². The maximum absolute atomic E-state index is 5.63. The zero-order valence-corrected chi connectivity index (χ0v) is 15.4. The third-order valence-corrected chi connectivity index (χ3v) is 4.32. The van der Waals surface area contributed by atoms with Gasteiger partial charge in [0.1, 0.15) is 0 Å². The first-order valence-electron chi connectivity index (χ1n) is 9.46. The monoisotopic (exact) mass is 314 g/mol. The highest BCUT2D eigenvalue weighted by molar-refractivity contribution is 7.80. The molecular formula is C19H38OS. The van der Waals surface area contributed by atoms with Crippen molar-refractivity contribution in [3.63, 3.8) is 0 Å². The van der Waals surface area contributed by atoms with Crippen molar-refractivity contribution in [2.45, 2.75) is 110 Å². The van der Waals surface area contributed by atoms with Gasteiger partial charge in [0.25, 0.3) is 0 Å². The van der Waals surface area contributed by atoms with E-state index in [0.29, 0.717) is 0 Å². The van der Waals surface area contributed by atoms with Crippen molar-refractivity contribution in [3.05, 3.63) is 0 Å². The number of hydrogen-bond acceptors (Lipinski definition) is 2. The second-order valence-corrected chi connectivity index (χ2v) is 6.67. The minimum absolute atomic E-state index is 0.835. The van der Waals surface area contributed by atoms with Crippen LogP contribution in [0.5, 0.6) is 0 Å². The molecule has 0 aromatic heterocycles. The molecule has 0 unspecified atom stereocenters. The Balaban J connectivity index is 3.09. The Morgan fingerprint density at radius 3 is 1.57 bits per heavy atom. The highest BCUT2D eigenvalue weighted by atomic mass is 32.1. The van der Waals surface area contributed by atoms with Gasteiger partial charge in [0.15, 0.2) is 5.05 Å². The molecule has 0 radical (unpaired) electrons. The van der Waals surface area contributed by atoms with E-state index in [-0.39, 0.29) is 0 Å². The normalized spacial score (nSPS) is 10.8. The zero-order valence-electron chi connectivity index (χ0n) is 14.6. The van der Waals surface area contributed by atoms with Crippen LogP contribution >= 0.6 is 12.2 Å². The number of unbranched alkanes of at least 4 members (excludes halogenated alkanes) is 12. The third-order valence-electron chi connectivity index (χ3n) is 4.00. The van der Waals surface area contributed by atoms with Gasteiger partial charge in [-0.1, -0.05) is 90.9 Å². The van der Waals surface area contributed by atoms with E-state index in [4.69, 9.17) is 17.0 Å². The van der Waals surface area contributed by atoms with Crippen LogP contribution in [-0.4, -0.2) is 11.7 Å². The molecule has 0 atom stereocenters. The summed E-state index contributed by atoms with van der Waals surface area (Å²) in [6.45, 7) is 5.35. The molecule has 0 amide bonds. The van der Waals surface area contributed by atoms with Crippen LogP contribution < -0.4 is 0 Å². The van der Waals surface area contributed by atoms with Gasteiger partial charge in [-0.3, -0.25) is 0 Å². The second kappa shape index (κ2) is 17.9. The topological polar surface area (TPSA) is 9.23 Å². The molecule has 0 fully saturated rings. The molecule has 126 valence electrons. The fourth-order valence-corrected chi connectivity index (χ4v) is 2.77. The average Bonchev–Trinajstić information content (AvgIpc) is 2.49. The van der Waals surface area contributed by atoms with E-state index in [9.17, 15) is 0 Å². The summed E-state index contributed by atoms with van der Waals surface area (Å²) in [6, 6.07) is 0. The zero-order chi connectivity index (χ0) is 15.6. The molecule has 0 spiro atoms. The molecule has 0 bridgehead atoms. The molecule has 1 nitrogen and oxygen atoms in total. The fraction of sp³-hybridized carbons (Fsp3) is 0.947. The second-order valence-electron chi connectivity index (χ2n) is 6.21. The summed E-state index contributed by atoms with van der Waals surface area (Å²) in [5.74, 6) is 0. The van der Waals surface area contributed by atoms with Gasteiger partial charge in [0.05, 0.1) is 6.61 Å². The summed E-state index contributed by atoms with van der Waals surface area (Å²) in [5.41, 5.74) is 0. The lowest BCUT2D eigenvalue weighted by Gasteiger charge is -2.07. The first-order valence-corrected chi connectivity index (χ1v) is 9.87. The van der Waals surface area contributed by atoms with Crippen molar-refractivity contribution in [1.29, 1.82) is 0 Å². The van der Waals surface area contributed by atoms with E-state index >= 15 is 0 Å². The molecule has 2 heteroatoms. The van der Waals surface area contributed by atoms with Gasteiger partial charge in [-0.05, 0) is 25.1 Å². The molecule has 0 saturated carbocycles. The molecule has 0 aromatic rings. The number of thiocarbonyl (C=S) groups is 1. The lowest BCUT2D eigenvalue weighted by atomic mass is 10.1. The highest BCUT2D eigenvalue weighted by Crippen LogP contribution is 2.11. The fourth-order valence-electron chi connectivity index (χ4n) is 2.54. The van der Waals surface area contributed by atoms with Crippen molar-refractivity contribution in [3.8, 4) is 0 Å². The van der Waals surface area contributed by atoms with E-state index in [1.807, 2.05) is 0 Å². The van der Waals surface area contributed by atoms with E-state index in [2.05, 4.69) is 13.8 Å². The van der Waals surface area contributed by atoms with Crippen molar-refractivity contribution < 1.29 is 4.74 Å². The van der Waals surface area contributed by atoms with Crippen molar-refractivity contribution in [1.82, 2.24) is 0 Å². The van der Waals surface area contributed by atoms with Crippen LogP contribution in [0.2, 0.25) is 0 Å². The molecule has 0 rings (SSSR count). The van der Waals surface area contributed by atoms with Gasteiger partial charge < -0.3 is 4.74 Å². The van der Waals surface area contributed by atoms with Gasteiger partial charge in [-0.25, -0.2) is 0 Å². The molecule has 21 heavy (non-hydrogen) atoms. The van der Waals surface area contributed by atoms with Crippen molar-refractivity contribution >= 4 is 17.3 Å². The summed E-state index contributed by atoms with van der Waals surface area (Å²) >= 11 is 5.25. The van der Waals surface area contributed by atoms with Gasteiger partial charge in [-0.2, -0.15) is 0 Å². The van der Waals surface area contributed by atoms with Crippen LogP contribution in [0.4, 0.5) is 0 Å². The van der Waals surface area contributed by atoms with Gasteiger partial charge in [-0.15, -0.1) is 0 Å². The Morgan fingerprint density at radius 2 is 1.05 bits per heavy atom. The van der Waals surface area contributed by atoms with Crippen LogP contribution in [0.1, 0.15) is 110 Å². The highest BCUT2D eigenvalue weighted by Gasteiger charge is 1.98. The summed E-state index contributed by atoms with van der Waals surface area (Å²) in [7, 11) is 0. The summed E-state index contributed by atoms with van der Waals surface area (Å²) in [4.78, 5) is 0. The van der Waals surface area contributed by atoms with E-state index in [1.165, 1.54) is 89.9 Å². The standard InChI is InChI=1S/C19H38OS/c1-3-5-7-9-10-11-12-13-14-16-18-20-19(21)17-15-8-6-4-2/h3-18H2,1-2H3. The van der Waals surface area contributed by atoms with Crippen molar-refractivity contribution in [2.75, 3.05) is 6.61 Å². The first kappa shape index (κ1) is 20.9. The molecule has 0 aliphatic carbocycles. The molecule has 0 aliphatic heterocycles. The van der Waals surface area contributed by atoms with Crippen LogP contribution in [0.3, 0.4) is 0 Å². The lowest BCUT2D eigenvalue weighted by Crippen LogP contribution is -2.03. The van der Waals surface area contributed by atoms with E-state index < -0.39 is 0 Å². The van der Waals surface area contributed by atoms with Gasteiger partial charge in [0, 0.05) is 6.42 Å². The summed E-state index contributed by atoms with van der Waals surface area (Å²) in [5, 5.41) is 0.835. The van der Waals surface area contributed by atoms with Gasteiger partial charge in [0.2, 0.25) is 0 Å².